The topological polar surface area (TPSA) is 52.3 Å². The second kappa shape index (κ2) is 7.07. The van der Waals surface area contributed by atoms with Gasteiger partial charge in [0.25, 0.3) is 0 Å². The first kappa shape index (κ1) is 15.2. The molecule has 2 heterocycles. The molecule has 0 amide bonds. The van der Waals surface area contributed by atoms with E-state index in [2.05, 4.69) is 5.16 Å². The predicted octanol–water partition coefficient (Wildman–Crippen LogP) is 4.47. The number of hydrogen-bond acceptors (Lipinski definition) is 5. The molecule has 0 radical (unpaired) electrons. The van der Waals surface area contributed by atoms with Gasteiger partial charge in [0.1, 0.15) is 12.3 Å². The fraction of sp³-hybridized carbons (Fsp3) is 0.111. The highest BCUT2D eigenvalue weighted by molar-refractivity contribution is 7.11. The summed E-state index contributed by atoms with van der Waals surface area (Å²) in [7, 11) is 0. The Morgan fingerprint density at radius 2 is 2.13 bits per heavy atom. The predicted molar refractivity (Wildman–Crippen MR) is 89.8 cm³/mol. The zero-order valence-corrected chi connectivity index (χ0v) is 13.4. The Morgan fingerprint density at radius 1 is 1.30 bits per heavy atom. The molecule has 0 spiro atoms. The quantitative estimate of drug-likeness (QED) is 0.513. The third-order valence-corrected chi connectivity index (χ3v) is 4.24. The Bertz CT molecular complexity index is 818. The summed E-state index contributed by atoms with van der Waals surface area (Å²) in [6.45, 7) is 2.09. The second-order valence-corrected chi connectivity index (χ2v) is 5.91. The van der Waals surface area contributed by atoms with Crippen molar-refractivity contribution >= 4 is 23.4 Å². The minimum atomic E-state index is -0.401. The highest BCUT2D eigenvalue weighted by Crippen LogP contribution is 2.20. The lowest BCUT2D eigenvalue weighted by atomic mass is 10.2. The molecule has 0 unspecified atom stereocenters. The van der Waals surface area contributed by atoms with Crippen LogP contribution >= 0.6 is 11.3 Å². The van der Waals surface area contributed by atoms with Crippen LogP contribution in [0.3, 0.4) is 0 Å². The third-order valence-electron chi connectivity index (χ3n) is 3.25. The largest absolute Gasteiger partial charge is 0.456 e. The first-order valence-corrected chi connectivity index (χ1v) is 8.00. The maximum Gasteiger partial charge on any atom is 0.331 e. The fourth-order valence-corrected chi connectivity index (χ4v) is 2.83. The third kappa shape index (κ3) is 3.96. The van der Waals surface area contributed by atoms with Gasteiger partial charge in [0.05, 0.1) is 0 Å². The summed E-state index contributed by atoms with van der Waals surface area (Å²) in [5.74, 6) is 0.253. The molecule has 0 saturated carbocycles. The molecule has 4 nitrogen and oxygen atoms in total. The summed E-state index contributed by atoms with van der Waals surface area (Å²) in [5, 5.41) is 5.90. The molecular weight excluding hydrogens is 310 g/mol. The van der Waals surface area contributed by atoms with E-state index in [1.807, 2.05) is 48.7 Å². The number of nitrogens with zero attached hydrogens (tertiary/aromatic N) is 1. The lowest BCUT2D eigenvalue weighted by molar-refractivity contribution is -0.139. The standard InChI is InChI=1S/C18H15NO3S/c1-13-9-10-23-17(13)7-8-18(20)21-12-15-11-16(22-19-15)14-5-3-2-4-6-14/h2-11H,12H2,1H3/b8-7+. The van der Waals surface area contributed by atoms with E-state index in [9.17, 15) is 4.79 Å². The molecular formula is C18H15NO3S. The van der Waals surface area contributed by atoms with Crippen molar-refractivity contribution in [1.82, 2.24) is 5.16 Å². The molecule has 23 heavy (non-hydrogen) atoms. The number of aryl methyl sites for hydroxylation is 1. The van der Waals surface area contributed by atoms with E-state index in [1.165, 1.54) is 6.08 Å². The van der Waals surface area contributed by atoms with Gasteiger partial charge < -0.3 is 9.26 Å². The molecule has 0 aliphatic rings. The second-order valence-electron chi connectivity index (χ2n) is 4.96. The molecule has 0 aliphatic heterocycles. The number of carbonyl (C=O) groups is 1. The van der Waals surface area contributed by atoms with Crippen molar-refractivity contribution in [2.75, 3.05) is 0 Å². The molecule has 0 saturated heterocycles. The smallest absolute Gasteiger partial charge is 0.331 e. The van der Waals surface area contributed by atoms with Crippen LogP contribution in [0.5, 0.6) is 0 Å². The van der Waals surface area contributed by atoms with Gasteiger partial charge in [-0.3, -0.25) is 0 Å². The summed E-state index contributed by atoms with van der Waals surface area (Å²) in [4.78, 5) is 12.8. The molecule has 2 aromatic heterocycles. The van der Waals surface area contributed by atoms with Crippen LogP contribution in [0.4, 0.5) is 0 Å². The van der Waals surface area contributed by atoms with Crippen molar-refractivity contribution in [2.45, 2.75) is 13.5 Å². The van der Waals surface area contributed by atoms with Crippen molar-refractivity contribution < 1.29 is 14.1 Å². The Hall–Kier alpha value is -2.66. The molecule has 0 fully saturated rings. The zero-order chi connectivity index (χ0) is 16.1. The Labute approximate surface area is 138 Å². The van der Waals surface area contributed by atoms with E-state index >= 15 is 0 Å². The molecule has 3 rings (SSSR count). The molecule has 116 valence electrons. The van der Waals surface area contributed by atoms with Crippen LogP contribution in [-0.4, -0.2) is 11.1 Å². The van der Waals surface area contributed by atoms with Gasteiger partial charge in [-0.05, 0) is 30.0 Å². The molecule has 3 aromatic rings. The van der Waals surface area contributed by atoms with Gasteiger partial charge in [-0.15, -0.1) is 11.3 Å². The van der Waals surface area contributed by atoms with Crippen molar-refractivity contribution in [3.63, 3.8) is 0 Å². The first-order valence-electron chi connectivity index (χ1n) is 7.12. The molecule has 0 aliphatic carbocycles. The molecule has 0 atom stereocenters. The molecule has 0 N–H and O–H groups in total. The summed E-state index contributed by atoms with van der Waals surface area (Å²) in [5.41, 5.74) is 2.66. The Balaban J connectivity index is 1.56. The SMILES string of the molecule is Cc1ccsc1/C=C/C(=O)OCc1cc(-c2ccccc2)on1. The number of hydrogen-bond donors (Lipinski definition) is 0. The number of ether oxygens (including phenoxy) is 1. The lowest BCUT2D eigenvalue weighted by Crippen LogP contribution is -2.00. The normalized spacial score (nSPS) is 11.0. The van der Waals surface area contributed by atoms with Crippen molar-refractivity contribution in [3.8, 4) is 11.3 Å². The van der Waals surface area contributed by atoms with Crippen LogP contribution < -0.4 is 0 Å². The van der Waals surface area contributed by atoms with E-state index in [0.717, 1.165) is 16.0 Å². The maximum atomic E-state index is 11.7. The fourth-order valence-electron chi connectivity index (χ4n) is 2.01. The van der Waals surface area contributed by atoms with Gasteiger partial charge in [-0.25, -0.2) is 4.79 Å². The summed E-state index contributed by atoms with van der Waals surface area (Å²) in [6, 6.07) is 13.4. The van der Waals surface area contributed by atoms with E-state index in [-0.39, 0.29) is 6.61 Å². The van der Waals surface area contributed by atoms with Crippen LogP contribution in [0, 0.1) is 6.92 Å². The van der Waals surface area contributed by atoms with Gasteiger partial charge in [-0.2, -0.15) is 0 Å². The van der Waals surface area contributed by atoms with Crippen LogP contribution in [0.25, 0.3) is 17.4 Å². The van der Waals surface area contributed by atoms with Crippen LogP contribution in [-0.2, 0) is 16.1 Å². The number of esters is 1. The van der Waals surface area contributed by atoms with Crippen LogP contribution in [0.15, 0.2) is 58.4 Å². The molecule has 0 bridgehead atoms. The van der Waals surface area contributed by atoms with Gasteiger partial charge >= 0.3 is 5.97 Å². The van der Waals surface area contributed by atoms with Crippen molar-refractivity contribution in [2.24, 2.45) is 0 Å². The zero-order valence-electron chi connectivity index (χ0n) is 12.6. The van der Waals surface area contributed by atoms with Crippen LogP contribution in [0.2, 0.25) is 0 Å². The van der Waals surface area contributed by atoms with E-state index in [1.54, 1.807) is 23.5 Å². The monoisotopic (exact) mass is 325 g/mol. The Morgan fingerprint density at radius 3 is 2.87 bits per heavy atom. The first-order chi connectivity index (χ1) is 11.2. The lowest BCUT2D eigenvalue weighted by Gasteiger charge is -1.97. The van der Waals surface area contributed by atoms with E-state index in [4.69, 9.17) is 9.26 Å². The summed E-state index contributed by atoms with van der Waals surface area (Å²) < 4.78 is 10.4. The van der Waals surface area contributed by atoms with Crippen molar-refractivity contribution in [1.29, 1.82) is 0 Å². The Kier molecular flexibility index (Phi) is 4.68. The number of aromatic nitrogens is 1. The number of benzene rings is 1. The minimum Gasteiger partial charge on any atom is -0.456 e. The van der Waals surface area contributed by atoms with Gasteiger partial charge in [0, 0.05) is 22.6 Å². The number of carbonyl (C=O) groups excluding carboxylic acids is 1. The summed E-state index contributed by atoms with van der Waals surface area (Å²) >= 11 is 1.59. The minimum absolute atomic E-state index is 0.0862. The van der Waals surface area contributed by atoms with E-state index < -0.39 is 5.97 Å². The van der Waals surface area contributed by atoms with Crippen molar-refractivity contribution in [3.05, 3.63) is 70.1 Å². The highest BCUT2D eigenvalue weighted by Gasteiger charge is 2.08. The molecule has 1 aromatic carbocycles. The highest BCUT2D eigenvalue weighted by atomic mass is 32.1. The maximum absolute atomic E-state index is 11.7. The van der Waals surface area contributed by atoms with Gasteiger partial charge in [0.15, 0.2) is 5.76 Å². The summed E-state index contributed by atoms with van der Waals surface area (Å²) in [6.07, 6.45) is 3.19. The average Bonchev–Trinajstić information content (AvgIpc) is 3.21. The number of thiophene rings is 1. The van der Waals surface area contributed by atoms with Gasteiger partial charge in [-0.1, -0.05) is 35.5 Å². The van der Waals surface area contributed by atoms with Gasteiger partial charge in [0.2, 0.25) is 0 Å². The molecule has 5 heteroatoms. The number of rotatable bonds is 5. The van der Waals surface area contributed by atoms with E-state index in [0.29, 0.717) is 11.5 Å². The van der Waals surface area contributed by atoms with Crippen LogP contribution in [0.1, 0.15) is 16.1 Å². The average molecular weight is 325 g/mol.